The lowest BCUT2D eigenvalue weighted by atomic mass is 10.7. The second-order valence-corrected chi connectivity index (χ2v) is 2.22. The molecule has 0 N–H and O–H groups in total. The fraction of sp³-hybridized carbons (Fsp3) is 1.00. The molecule has 0 unspecified atom stereocenters. The highest BCUT2D eigenvalue weighted by Gasteiger charge is 2.37. The molecule has 0 aromatic heterocycles. The van der Waals surface area contributed by atoms with Gasteiger partial charge >= 0.3 is 6.18 Å². The number of alkyl halides is 3. The Balaban J connectivity index is 3.56. The first-order chi connectivity index (χ1) is 4.21. The average molecular weight is 182 g/mol. The van der Waals surface area contributed by atoms with Gasteiger partial charge in [0.1, 0.15) is 0 Å². The van der Waals surface area contributed by atoms with E-state index in [1.807, 2.05) is 0 Å². The number of hydrogen-bond donors (Lipinski definition) is 0. The van der Waals surface area contributed by atoms with Gasteiger partial charge in [0.2, 0.25) is 0 Å². The van der Waals surface area contributed by atoms with Crippen LogP contribution < -0.4 is 14.0 Å². The molecule has 0 fully saturated rings. The smallest absolute Gasteiger partial charge is 0.183 e. The van der Waals surface area contributed by atoms with Gasteiger partial charge < -0.3 is 0 Å². The van der Waals surface area contributed by atoms with Gasteiger partial charge in [-0.15, -0.1) is 0 Å². The van der Waals surface area contributed by atoms with E-state index >= 15 is 0 Å². The van der Waals surface area contributed by atoms with Gasteiger partial charge in [0.15, 0.2) is 0 Å². The van der Waals surface area contributed by atoms with Gasteiger partial charge in [-0.25, -0.2) is 0 Å². The Morgan fingerprint density at radius 2 is 1.60 bits per heavy atom. The molecule has 0 bridgehead atoms. The van der Waals surface area contributed by atoms with Crippen molar-refractivity contribution in [3.8, 4) is 0 Å². The third-order valence-corrected chi connectivity index (χ3v) is 0.728. The molecule has 0 saturated heterocycles. The van der Waals surface area contributed by atoms with E-state index in [-0.39, 0.29) is 0 Å². The normalized spacial score (nSPS) is 13.8. The van der Waals surface area contributed by atoms with E-state index in [0.29, 0.717) is 0 Å². The third kappa shape index (κ3) is 7.92. The highest BCUT2D eigenvalue weighted by molar-refractivity contribution is 4.40. The molecular formula is C2H2ClF3O4. The van der Waals surface area contributed by atoms with E-state index in [2.05, 4.69) is 4.29 Å². The van der Waals surface area contributed by atoms with Crippen molar-refractivity contribution in [2.45, 2.75) is 6.18 Å². The predicted octanol–water partition coefficient (Wildman–Crippen LogP) is -2.54. The molecule has 0 rings (SSSR count). The molecule has 0 amide bonds. The van der Waals surface area contributed by atoms with Gasteiger partial charge in [0.05, 0.1) is 14.5 Å². The van der Waals surface area contributed by atoms with Crippen LogP contribution in [0.2, 0.25) is 0 Å². The summed E-state index contributed by atoms with van der Waals surface area (Å²) in [7, 11) is -4.97. The van der Waals surface area contributed by atoms with Crippen LogP contribution in [-0.4, -0.2) is 12.8 Å². The summed E-state index contributed by atoms with van der Waals surface area (Å²) in [4.78, 5) is 0. The van der Waals surface area contributed by atoms with Crippen molar-refractivity contribution in [1.29, 1.82) is 0 Å². The number of rotatable bonds is 2. The largest absolute Gasteiger partial charge is 0.428 e. The van der Waals surface area contributed by atoms with Crippen molar-refractivity contribution in [1.82, 2.24) is 0 Å². The zero-order valence-corrected chi connectivity index (χ0v) is 5.11. The molecule has 0 aliphatic heterocycles. The van der Waals surface area contributed by atoms with E-state index in [4.69, 9.17) is 0 Å². The first-order valence-corrected chi connectivity index (χ1v) is 3.06. The predicted molar refractivity (Wildman–Crippen MR) is 12.0 cm³/mol. The van der Waals surface area contributed by atoms with Gasteiger partial charge in [-0.2, -0.15) is 27.1 Å². The molecule has 4 nitrogen and oxygen atoms in total. The highest BCUT2D eigenvalue weighted by atomic mass is 35.7. The third-order valence-electron chi connectivity index (χ3n) is 0.352. The van der Waals surface area contributed by atoms with E-state index in [0.717, 1.165) is 0 Å². The zero-order valence-electron chi connectivity index (χ0n) is 4.35. The van der Waals surface area contributed by atoms with Crippen molar-refractivity contribution < 1.29 is 41.7 Å². The molecule has 62 valence electrons. The SMILES string of the molecule is [O-][Cl+3]([O-])([O-])OCC(F)(F)F. The minimum absolute atomic E-state index is 2.08. The molecule has 8 heteroatoms. The molecule has 0 aliphatic rings. The maximum atomic E-state index is 11.1. The molecule has 0 aromatic carbocycles. The molecular weight excluding hydrogens is 180 g/mol. The van der Waals surface area contributed by atoms with Crippen LogP contribution in [0.25, 0.3) is 0 Å². The molecule has 0 aromatic rings. The summed E-state index contributed by atoms with van der Waals surface area (Å²) in [6.45, 7) is -2.08. The van der Waals surface area contributed by atoms with Crippen LogP contribution in [0, 0.1) is 10.2 Å². The van der Waals surface area contributed by atoms with Crippen LogP contribution in [0.5, 0.6) is 0 Å². The lowest BCUT2D eigenvalue weighted by molar-refractivity contribution is -1.92. The minimum Gasteiger partial charge on any atom is -0.183 e. The zero-order chi connectivity index (χ0) is 8.41. The van der Waals surface area contributed by atoms with Crippen LogP contribution in [-0.2, 0) is 4.29 Å². The van der Waals surface area contributed by atoms with Crippen molar-refractivity contribution in [3.05, 3.63) is 0 Å². The Morgan fingerprint density at radius 1 is 1.20 bits per heavy atom. The first-order valence-electron chi connectivity index (χ1n) is 1.83. The Morgan fingerprint density at radius 3 is 1.70 bits per heavy atom. The van der Waals surface area contributed by atoms with Crippen molar-refractivity contribution in [3.63, 3.8) is 0 Å². The first kappa shape index (κ1) is 9.92. The van der Waals surface area contributed by atoms with E-state index in [1.165, 1.54) is 0 Å². The van der Waals surface area contributed by atoms with Crippen LogP contribution in [0.3, 0.4) is 0 Å². The highest BCUT2D eigenvalue weighted by Crippen LogP contribution is 2.15. The number of halogens is 4. The average Bonchev–Trinajstić information content (AvgIpc) is 1.57. The molecule has 0 radical (unpaired) electrons. The molecule has 10 heavy (non-hydrogen) atoms. The van der Waals surface area contributed by atoms with Crippen LogP contribution in [0.1, 0.15) is 0 Å². The fourth-order valence-electron chi connectivity index (χ4n) is 0.129. The lowest BCUT2D eigenvalue weighted by Gasteiger charge is -2.12. The minimum atomic E-state index is -4.97. The Labute approximate surface area is 55.6 Å². The second kappa shape index (κ2) is 2.89. The molecule has 0 heterocycles. The molecule has 0 spiro atoms. The van der Waals surface area contributed by atoms with Crippen LogP contribution in [0.15, 0.2) is 0 Å². The van der Waals surface area contributed by atoms with E-state index < -0.39 is 23.0 Å². The molecule has 0 atom stereocenters. The van der Waals surface area contributed by atoms with Crippen LogP contribution in [0.4, 0.5) is 13.2 Å². The molecule has 0 saturated carbocycles. The van der Waals surface area contributed by atoms with Crippen molar-refractivity contribution in [2.24, 2.45) is 0 Å². The maximum absolute atomic E-state index is 11.1. The quantitative estimate of drug-likeness (QED) is 0.472. The van der Waals surface area contributed by atoms with Crippen LogP contribution >= 0.6 is 0 Å². The van der Waals surface area contributed by atoms with Crippen molar-refractivity contribution in [2.75, 3.05) is 6.61 Å². The van der Waals surface area contributed by atoms with E-state index in [1.54, 1.807) is 0 Å². The number of hydrogen-bond acceptors (Lipinski definition) is 4. The fourth-order valence-corrected chi connectivity index (χ4v) is 0.386. The summed E-state index contributed by atoms with van der Waals surface area (Å²) in [6, 6.07) is 0. The molecule has 0 aliphatic carbocycles. The monoisotopic (exact) mass is 182 g/mol. The summed E-state index contributed by atoms with van der Waals surface area (Å²) in [5.41, 5.74) is 0. The van der Waals surface area contributed by atoms with Gasteiger partial charge in [0.25, 0.3) is 6.61 Å². The Hall–Kier alpha value is -0.0800. The van der Waals surface area contributed by atoms with Gasteiger partial charge in [-0.05, 0) is 0 Å². The summed E-state index contributed by atoms with van der Waals surface area (Å²) in [6.07, 6.45) is -4.80. The van der Waals surface area contributed by atoms with Gasteiger partial charge in [-0.3, -0.25) is 0 Å². The topological polar surface area (TPSA) is 78.4 Å². The maximum Gasteiger partial charge on any atom is 0.428 e. The summed E-state index contributed by atoms with van der Waals surface area (Å²) in [5.74, 6) is 0. The van der Waals surface area contributed by atoms with Crippen molar-refractivity contribution >= 4 is 0 Å². The van der Waals surface area contributed by atoms with E-state index in [9.17, 15) is 27.1 Å². The summed E-state index contributed by atoms with van der Waals surface area (Å²) < 4.78 is 64.1. The lowest BCUT2D eigenvalue weighted by Crippen LogP contribution is -2.61. The Kier molecular flexibility index (Phi) is 2.86. The summed E-state index contributed by atoms with van der Waals surface area (Å²) >= 11 is 0. The standard InChI is InChI=1S/C2H2ClF3O4/c4-2(5,6)1-10-3(7,8)9/h1H2. The second-order valence-electron chi connectivity index (χ2n) is 1.25. The van der Waals surface area contributed by atoms with Gasteiger partial charge in [-0.1, -0.05) is 0 Å². The summed E-state index contributed by atoms with van der Waals surface area (Å²) in [5, 5.41) is 0. The van der Waals surface area contributed by atoms with Gasteiger partial charge in [0, 0.05) is 0 Å². The Bertz CT molecular complexity index is 92.1.